The van der Waals surface area contributed by atoms with Gasteiger partial charge in [-0.1, -0.05) is 0 Å². The number of carbonyl (C=O) groups excluding carboxylic acids is 1. The first-order chi connectivity index (χ1) is 15.3. The Bertz CT molecular complexity index is 1360. The number of halogens is 1. The molecule has 0 unspecified atom stereocenters. The summed E-state index contributed by atoms with van der Waals surface area (Å²) >= 11 is 0. The molecule has 0 aliphatic heterocycles. The molecule has 0 saturated heterocycles. The Morgan fingerprint density at radius 1 is 1.09 bits per heavy atom. The van der Waals surface area contributed by atoms with Crippen LogP contribution in [0.25, 0.3) is 11.3 Å². The molecule has 4 aromatic heterocycles. The van der Waals surface area contributed by atoms with Gasteiger partial charge in [-0.05, 0) is 31.2 Å². The van der Waals surface area contributed by atoms with Gasteiger partial charge >= 0.3 is 0 Å². The van der Waals surface area contributed by atoms with Gasteiger partial charge in [0.25, 0.3) is 11.5 Å². The zero-order valence-electron chi connectivity index (χ0n) is 17.5. The first kappa shape index (κ1) is 20.9. The lowest BCUT2D eigenvalue weighted by Gasteiger charge is -2.10. The third-order valence-electron chi connectivity index (χ3n) is 4.85. The molecule has 0 saturated carbocycles. The van der Waals surface area contributed by atoms with Gasteiger partial charge in [-0.2, -0.15) is 5.10 Å². The lowest BCUT2D eigenvalue weighted by molar-refractivity contribution is 0.102. The van der Waals surface area contributed by atoms with E-state index in [9.17, 15) is 14.0 Å². The summed E-state index contributed by atoms with van der Waals surface area (Å²) in [5.41, 5.74) is 0.807. The smallest absolute Gasteiger partial charge is 0.263 e. The van der Waals surface area contributed by atoms with Gasteiger partial charge in [0.2, 0.25) is 0 Å². The van der Waals surface area contributed by atoms with E-state index in [2.05, 4.69) is 20.4 Å². The summed E-state index contributed by atoms with van der Waals surface area (Å²) in [5, 5.41) is 6.62. The standard InChI is InChI=1S/C22H19FN6O3/c1-13-18(23)9-17(22(31)29(13)3)21(30)27-20-5-4-16(11-25-20)32-15-6-7-24-19(8-15)14-10-26-28(2)12-14/h4-12H,1-3H3,(H,25,27,30). The molecule has 0 aliphatic rings. The Hall–Kier alpha value is -4.34. The number of amides is 1. The van der Waals surface area contributed by atoms with Crippen LogP contribution >= 0.6 is 0 Å². The van der Waals surface area contributed by atoms with Crippen molar-refractivity contribution in [2.45, 2.75) is 6.92 Å². The van der Waals surface area contributed by atoms with Crippen LogP contribution in [0, 0.1) is 12.7 Å². The fourth-order valence-corrected chi connectivity index (χ4v) is 2.97. The molecule has 4 aromatic rings. The van der Waals surface area contributed by atoms with Gasteiger partial charge in [0, 0.05) is 38.1 Å². The Labute approximate surface area is 182 Å². The molecule has 32 heavy (non-hydrogen) atoms. The molecular weight excluding hydrogens is 415 g/mol. The zero-order chi connectivity index (χ0) is 22.8. The zero-order valence-corrected chi connectivity index (χ0v) is 17.5. The van der Waals surface area contributed by atoms with E-state index in [-0.39, 0.29) is 17.1 Å². The minimum atomic E-state index is -0.749. The van der Waals surface area contributed by atoms with Crippen molar-refractivity contribution in [1.82, 2.24) is 24.3 Å². The highest BCUT2D eigenvalue weighted by molar-refractivity contribution is 6.03. The van der Waals surface area contributed by atoms with Crippen molar-refractivity contribution >= 4 is 11.7 Å². The summed E-state index contributed by atoms with van der Waals surface area (Å²) in [6, 6.07) is 7.53. The van der Waals surface area contributed by atoms with E-state index in [1.54, 1.807) is 35.3 Å². The number of hydrogen-bond donors (Lipinski definition) is 1. The predicted octanol–water partition coefficient (Wildman–Crippen LogP) is 3.07. The van der Waals surface area contributed by atoms with Gasteiger partial charge in [-0.15, -0.1) is 0 Å². The normalized spacial score (nSPS) is 10.8. The molecule has 162 valence electrons. The van der Waals surface area contributed by atoms with Crippen LogP contribution in [0.2, 0.25) is 0 Å². The van der Waals surface area contributed by atoms with E-state index in [0.29, 0.717) is 17.2 Å². The molecule has 4 rings (SSSR count). The second kappa shape index (κ2) is 8.42. The van der Waals surface area contributed by atoms with Crippen LogP contribution in [0.1, 0.15) is 16.1 Å². The first-order valence-electron chi connectivity index (χ1n) is 9.58. The maximum Gasteiger partial charge on any atom is 0.263 e. The summed E-state index contributed by atoms with van der Waals surface area (Å²) in [6.45, 7) is 1.46. The van der Waals surface area contributed by atoms with Crippen molar-refractivity contribution in [1.29, 1.82) is 0 Å². The Balaban J connectivity index is 1.47. The maximum absolute atomic E-state index is 13.9. The molecule has 0 bridgehead atoms. The predicted molar refractivity (Wildman–Crippen MR) is 115 cm³/mol. The van der Waals surface area contributed by atoms with E-state index in [1.807, 2.05) is 13.2 Å². The number of rotatable bonds is 5. The number of aryl methyl sites for hydroxylation is 1. The lowest BCUT2D eigenvalue weighted by Crippen LogP contribution is -2.29. The molecular formula is C22H19FN6O3. The summed E-state index contributed by atoms with van der Waals surface area (Å²) in [6.07, 6.45) is 6.60. The molecule has 0 spiro atoms. The largest absolute Gasteiger partial charge is 0.456 e. The van der Waals surface area contributed by atoms with Crippen LogP contribution in [0.3, 0.4) is 0 Å². The van der Waals surface area contributed by atoms with Gasteiger partial charge in [-0.3, -0.25) is 19.3 Å². The van der Waals surface area contributed by atoms with Crippen molar-refractivity contribution < 1.29 is 13.9 Å². The summed E-state index contributed by atoms with van der Waals surface area (Å²) in [5.74, 6) is -0.214. The van der Waals surface area contributed by atoms with E-state index >= 15 is 0 Å². The average Bonchev–Trinajstić information content (AvgIpc) is 3.22. The van der Waals surface area contributed by atoms with E-state index < -0.39 is 17.3 Å². The van der Waals surface area contributed by atoms with Crippen molar-refractivity contribution in [3.05, 3.63) is 82.5 Å². The second-order valence-corrected chi connectivity index (χ2v) is 7.07. The maximum atomic E-state index is 13.9. The Morgan fingerprint density at radius 3 is 2.59 bits per heavy atom. The van der Waals surface area contributed by atoms with Crippen LogP contribution in [0.5, 0.6) is 11.5 Å². The lowest BCUT2D eigenvalue weighted by atomic mass is 10.2. The topological polar surface area (TPSA) is 104 Å². The first-order valence-corrected chi connectivity index (χ1v) is 9.58. The highest BCUT2D eigenvalue weighted by Crippen LogP contribution is 2.25. The summed E-state index contributed by atoms with van der Waals surface area (Å²) < 4.78 is 22.5. The van der Waals surface area contributed by atoms with Crippen LogP contribution in [-0.2, 0) is 14.1 Å². The van der Waals surface area contributed by atoms with E-state index in [4.69, 9.17) is 4.74 Å². The number of nitrogens with one attached hydrogen (secondary N) is 1. The molecule has 0 fully saturated rings. The number of pyridine rings is 3. The number of carbonyl (C=O) groups is 1. The minimum absolute atomic E-state index is 0.147. The van der Waals surface area contributed by atoms with Gasteiger partial charge in [-0.25, -0.2) is 9.37 Å². The van der Waals surface area contributed by atoms with Crippen molar-refractivity contribution in [2.24, 2.45) is 14.1 Å². The third-order valence-corrected chi connectivity index (χ3v) is 4.85. The molecule has 1 N–H and O–H groups in total. The van der Waals surface area contributed by atoms with Crippen LogP contribution in [-0.4, -0.2) is 30.2 Å². The minimum Gasteiger partial charge on any atom is -0.456 e. The molecule has 1 amide bonds. The molecule has 0 aliphatic carbocycles. The van der Waals surface area contributed by atoms with Crippen molar-refractivity contribution in [3.8, 4) is 22.8 Å². The second-order valence-electron chi connectivity index (χ2n) is 7.07. The van der Waals surface area contributed by atoms with Gasteiger partial charge in [0.05, 0.1) is 23.8 Å². The average molecular weight is 434 g/mol. The Morgan fingerprint density at radius 2 is 1.91 bits per heavy atom. The van der Waals surface area contributed by atoms with E-state index in [1.165, 1.54) is 26.2 Å². The fourth-order valence-electron chi connectivity index (χ4n) is 2.97. The number of ether oxygens (including phenoxy) is 1. The summed E-state index contributed by atoms with van der Waals surface area (Å²) in [4.78, 5) is 33.1. The molecule has 0 radical (unpaired) electrons. The van der Waals surface area contributed by atoms with Gasteiger partial charge in [0.1, 0.15) is 28.7 Å². The number of nitrogens with zero attached hydrogens (tertiary/aromatic N) is 5. The highest BCUT2D eigenvalue weighted by Gasteiger charge is 2.16. The van der Waals surface area contributed by atoms with Crippen LogP contribution in [0.4, 0.5) is 10.2 Å². The van der Waals surface area contributed by atoms with Crippen molar-refractivity contribution in [3.63, 3.8) is 0 Å². The van der Waals surface area contributed by atoms with E-state index in [0.717, 1.165) is 16.2 Å². The molecule has 10 heteroatoms. The molecule has 0 aromatic carbocycles. The highest BCUT2D eigenvalue weighted by atomic mass is 19.1. The molecule has 4 heterocycles. The van der Waals surface area contributed by atoms with Crippen LogP contribution < -0.4 is 15.6 Å². The third kappa shape index (κ3) is 4.24. The SMILES string of the molecule is Cc1c(F)cc(C(=O)Nc2ccc(Oc3ccnc(-c4cnn(C)c4)c3)cn2)c(=O)n1C. The number of anilines is 1. The summed E-state index contributed by atoms with van der Waals surface area (Å²) in [7, 11) is 3.23. The quantitative estimate of drug-likeness (QED) is 0.518. The monoisotopic (exact) mass is 434 g/mol. The van der Waals surface area contributed by atoms with Crippen molar-refractivity contribution in [2.75, 3.05) is 5.32 Å². The fraction of sp³-hybridized carbons (Fsp3) is 0.136. The van der Waals surface area contributed by atoms with Crippen LogP contribution in [0.15, 0.2) is 59.9 Å². The number of hydrogen-bond acceptors (Lipinski definition) is 6. The van der Waals surface area contributed by atoms with Gasteiger partial charge in [0.15, 0.2) is 0 Å². The number of aromatic nitrogens is 5. The van der Waals surface area contributed by atoms with Gasteiger partial charge < -0.3 is 14.6 Å². The molecule has 0 atom stereocenters. The Kier molecular flexibility index (Phi) is 5.50. The molecule has 9 nitrogen and oxygen atoms in total.